The Morgan fingerprint density at radius 3 is 1.60 bits per heavy atom. The van der Waals surface area contributed by atoms with Crippen LogP contribution < -0.4 is 38.9 Å². The molecule has 318 valence electrons. The minimum atomic E-state index is -4.30. The van der Waals surface area contributed by atoms with Crippen molar-refractivity contribution in [3.8, 4) is 68.3 Å². The Morgan fingerprint density at radius 2 is 1.03 bits per heavy atom. The van der Waals surface area contributed by atoms with Gasteiger partial charge < -0.3 is 36.8 Å². The van der Waals surface area contributed by atoms with Gasteiger partial charge in [0.25, 0.3) is 0 Å². The van der Waals surface area contributed by atoms with Crippen LogP contribution in [0.25, 0.3) is 55.7 Å². The highest BCUT2D eigenvalue weighted by Crippen LogP contribution is 2.55. The van der Waals surface area contributed by atoms with E-state index in [4.69, 9.17) is 54.9 Å². The monoisotopic (exact) mass is 866 g/mol. The van der Waals surface area contributed by atoms with Crippen molar-refractivity contribution in [2.75, 3.05) is 54.9 Å². The SMILES string of the molecule is CCOP(=O)(OCC)Oc1cc(OC)c2c(=O)cc(-c3ccc(OC)c(-c4c(OP(=O)(OCC)OCC)cc(OC)c5c(=O)cc(-c6ccc(OC)cc6)oc45)c3)oc2c1. The predicted octanol–water partition coefficient (Wildman–Crippen LogP) is 10.1. The van der Waals surface area contributed by atoms with Crippen LogP contribution in [0.15, 0.2) is 91.2 Å². The first-order chi connectivity index (χ1) is 28.9. The molecular weight excluding hydrogens is 822 g/mol. The van der Waals surface area contributed by atoms with E-state index in [0.29, 0.717) is 16.9 Å². The van der Waals surface area contributed by atoms with Gasteiger partial charge in [0.15, 0.2) is 16.4 Å². The second-order valence-corrected chi connectivity index (χ2v) is 15.7. The second kappa shape index (κ2) is 18.8. The molecule has 0 aliphatic rings. The summed E-state index contributed by atoms with van der Waals surface area (Å²) in [5, 5.41) is 0.109. The molecule has 0 saturated heterocycles. The number of benzene rings is 4. The second-order valence-electron chi connectivity index (χ2n) is 12.5. The highest BCUT2D eigenvalue weighted by molar-refractivity contribution is 7.49. The van der Waals surface area contributed by atoms with Crippen molar-refractivity contribution in [2.24, 2.45) is 0 Å². The molecule has 6 rings (SSSR count). The van der Waals surface area contributed by atoms with Crippen LogP contribution in [0.3, 0.4) is 0 Å². The van der Waals surface area contributed by atoms with E-state index in [-0.39, 0.29) is 99.8 Å². The number of phosphoric acid groups is 2. The molecule has 0 N–H and O–H groups in total. The summed E-state index contributed by atoms with van der Waals surface area (Å²) < 4.78 is 96.0. The molecule has 4 aromatic carbocycles. The molecular formula is C42H44O16P2. The number of phosphoric ester groups is 2. The molecule has 2 heterocycles. The Morgan fingerprint density at radius 1 is 0.500 bits per heavy atom. The largest absolute Gasteiger partial charge is 0.530 e. The van der Waals surface area contributed by atoms with E-state index in [0.717, 1.165) is 0 Å². The Hall–Kier alpha value is -5.60. The lowest BCUT2D eigenvalue weighted by Gasteiger charge is -2.22. The lowest BCUT2D eigenvalue weighted by atomic mass is 9.96. The van der Waals surface area contributed by atoms with E-state index in [9.17, 15) is 18.7 Å². The summed E-state index contributed by atoms with van der Waals surface area (Å²) in [6.45, 7) is 6.55. The molecule has 60 heavy (non-hydrogen) atoms. The van der Waals surface area contributed by atoms with Gasteiger partial charge in [-0.3, -0.25) is 27.7 Å². The van der Waals surface area contributed by atoms with E-state index in [1.807, 2.05) is 0 Å². The molecule has 0 radical (unpaired) electrons. The van der Waals surface area contributed by atoms with Crippen molar-refractivity contribution in [3.63, 3.8) is 0 Å². The van der Waals surface area contributed by atoms with Gasteiger partial charge in [-0.2, -0.15) is 0 Å². The Labute approximate surface area is 345 Å². The normalized spacial score (nSPS) is 11.8. The van der Waals surface area contributed by atoms with Gasteiger partial charge in [0.05, 0.1) is 60.4 Å². The van der Waals surface area contributed by atoms with Crippen LogP contribution in [0.5, 0.6) is 34.5 Å². The fraction of sp³-hybridized carbons (Fsp3) is 0.286. The fourth-order valence-electron chi connectivity index (χ4n) is 6.37. The maximum Gasteiger partial charge on any atom is 0.530 e. The van der Waals surface area contributed by atoms with Gasteiger partial charge in [0.1, 0.15) is 62.4 Å². The first-order valence-corrected chi connectivity index (χ1v) is 21.6. The Balaban J connectivity index is 1.64. The highest BCUT2D eigenvalue weighted by Gasteiger charge is 2.33. The van der Waals surface area contributed by atoms with E-state index in [2.05, 4.69) is 0 Å². The molecule has 2 aromatic heterocycles. The third-order valence-corrected chi connectivity index (χ3v) is 12.0. The topological polar surface area (TPSA) is 187 Å². The fourth-order valence-corrected chi connectivity index (χ4v) is 8.74. The summed E-state index contributed by atoms with van der Waals surface area (Å²) in [7, 11) is -2.67. The molecule has 0 bridgehead atoms. The molecule has 0 amide bonds. The molecule has 0 aliphatic heterocycles. The molecule has 0 atom stereocenters. The first kappa shape index (κ1) is 44.0. The van der Waals surface area contributed by atoms with Gasteiger partial charge in [-0.05, 0) is 70.2 Å². The highest BCUT2D eigenvalue weighted by atomic mass is 31.2. The molecule has 0 saturated carbocycles. The zero-order valence-electron chi connectivity index (χ0n) is 34.2. The smallest absolute Gasteiger partial charge is 0.497 e. The quantitative estimate of drug-likeness (QED) is 0.0699. The van der Waals surface area contributed by atoms with Crippen molar-refractivity contribution in [1.82, 2.24) is 0 Å². The molecule has 16 nitrogen and oxygen atoms in total. The number of fused-ring (bicyclic) bond motifs is 2. The van der Waals surface area contributed by atoms with Crippen LogP contribution in [-0.2, 0) is 27.2 Å². The molecule has 0 unspecified atom stereocenters. The molecule has 6 aromatic rings. The van der Waals surface area contributed by atoms with Crippen molar-refractivity contribution in [3.05, 3.63) is 93.2 Å². The van der Waals surface area contributed by atoms with Crippen LogP contribution in [-0.4, -0.2) is 54.9 Å². The van der Waals surface area contributed by atoms with E-state index in [1.165, 1.54) is 58.8 Å². The number of methoxy groups -OCH3 is 4. The summed E-state index contributed by atoms with van der Waals surface area (Å²) in [6.07, 6.45) is 0. The zero-order chi connectivity index (χ0) is 43.2. The van der Waals surface area contributed by atoms with Crippen molar-refractivity contribution in [1.29, 1.82) is 0 Å². The zero-order valence-corrected chi connectivity index (χ0v) is 36.0. The summed E-state index contributed by atoms with van der Waals surface area (Å²) in [4.78, 5) is 27.9. The Kier molecular flexibility index (Phi) is 13.7. The van der Waals surface area contributed by atoms with Gasteiger partial charge in [-0.15, -0.1) is 0 Å². The van der Waals surface area contributed by atoms with Gasteiger partial charge >= 0.3 is 15.6 Å². The van der Waals surface area contributed by atoms with Gasteiger partial charge in [0.2, 0.25) is 0 Å². The number of ether oxygens (including phenoxy) is 4. The minimum absolute atomic E-state index is 0.0116. The number of rotatable bonds is 19. The van der Waals surface area contributed by atoms with E-state index < -0.39 is 26.5 Å². The van der Waals surface area contributed by atoms with Crippen LogP contribution in [0.2, 0.25) is 0 Å². The summed E-state index contributed by atoms with van der Waals surface area (Å²) >= 11 is 0. The van der Waals surface area contributed by atoms with Gasteiger partial charge in [0, 0.05) is 47.0 Å². The maximum absolute atomic E-state index is 14.1. The van der Waals surface area contributed by atoms with Crippen LogP contribution in [0.4, 0.5) is 0 Å². The lowest BCUT2D eigenvalue weighted by Crippen LogP contribution is -2.07. The molecule has 18 heteroatoms. The maximum atomic E-state index is 14.1. The lowest BCUT2D eigenvalue weighted by molar-refractivity contribution is 0.166. The van der Waals surface area contributed by atoms with Gasteiger partial charge in [-0.25, -0.2) is 9.13 Å². The third kappa shape index (κ3) is 9.09. The van der Waals surface area contributed by atoms with Crippen molar-refractivity contribution in [2.45, 2.75) is 27.7 Å². The van der Waals surface area contributed by atoms with Crippen LogP contribution in [0.1, 0.15) is 27.7 Å². The third-order valence-electron chi connectivity index (χ3n) is 8.84. The van der Waals surface area contributed by atoms with E-state index in [1.54, 1.807) is 70.2 Å². The van der Waals surface area contributed by atoms with Gasteiger partial charge in [-0.1, -0.05) is 0 Å². The molecule has 0 spiro atoms. The Bertz CT molecular complexity index is 2700. The summed E-state index contributed by atoms with van der Waals surface area (Å²) in [5.74, 6) is 1.08. The van der Waals surface area contributed by atoms with E-state index >= 15 is 0 Å². The summed E-state index contributed by atoms with van der Waals surface area (Å²) in [5.41, 5.74) is 0.268. The first-order valence-electron chi connectivity index (χ1n) is 18.7. The standard InChI is InChI=1S/C42H44O16P2/c1-9-51-59(45,52-10-2)57-28-20-35(49-7)40-30(43)22-34(55-37(40)21-28)26-15-18-32(48-6)29(19-26)39-38(58-60(46,53-11-3)54-12-4)24-36(50-8)41-31(44)23-33(56-42(39)41)25-13-16-27(47-5)17-14-25/h13-24H,9-12H2,1-8H3. The average Bonchev–Trinajstić information content (AvgIpc) is 3.22. The average molecular weight is 867 g/mol. The molecule has 0 aliphatic carbocycles. The van der Waals surface area contributed by atoms with Crippen LogP contribution >= 0.6 is 15.6 Å². The van der Waals surface area contributed by atoms with Crippen molar-refractivity contribution >= 4 is 37.6 Å². The number of hydrogen-bond donors (Lipinski definition) is 0. The van der Waals surface area contributed by atoms with Crippen LogP contribution in [0, 0.1) is 0 Å². The van der Waals surface area contributed by atoms with Crippen molar-refractivity contribution < 1.29 is 64.1 Å². The summed E-state index contributed by atoms with van der Waals surface area (Å²) in [6, 6.07) is 18.4. The minimum Gasteiger partial charge on any atom is -0.497 e. The molecule has 0 fully saturated rings. The predicted molar refractivity (Wildman–Crippen MR) is 224 cm³/mol. The number of hydrogen-bond acceptors (Lipinski definition) is 16.